The van der Waals surface area contributed by atoms with Gasteiger partial charge >= 0.3 is 11.9 Å². The molecule has 0 heterocycles. The molecule has 5 nitrogen and oxygen atoms in total. The van der Waals surface area contributed by atoms with Crippen LogP contribution in [0.2, 0.25) is 0 Å². The van der Waals surface area contributed by atoms with E-state index in [9.17, 15) is 9.59 Å². The van der Waals surface area contributed by atoms with E-state index >= 15 is 0 Å². The van der Waals surface area contributed by atoms with E-state index in [2.05, 4.69) is 19.6 Å². The van der Waals surface area contributed by atoms with E-state index in [1.54, 1.807) is 30.3 Å². The Labute approximate surface area is 178 Å². The van der Waals surface area contributed by atoms with Crippen LogP contribution in [-0.2, 0) is 4.79 Å². The highest BCUT2D eigenvalue weighted by atomic mass is 16.6. The van der Waals surface area contributed by atoms with E-state index in [1.165, 1.54) is 31.7 Å². The molecule has 159 valence electrons. The molecule has 0 aliphatic carbocycles. The number of rotatable bonds is 13. The van der Waals surface area contributed by atoms with Gasteiger partial charge in [0, 0.05) is 12.1 Å². The molecule has 0 bridgehead atoms. The number of carbonyl (C=O) groups excluding carboxylic acids is 2. The third-order valence-corrected chi connectivity index (χ3v) is 4.45. The van der Waals surface area contributed by atoms with Crippen LogP contribution >= 0.6 is 0 Å². The monoisotopic (exact) mass is 409 g/mol. The molecule has 30 heavy (non-hydrogen) atoms. The predicted molar refractivity (Wildman–Crippen MR) is 116 cm³/mol. The number of hydrogen-bond donors (Lipinski definition) is 0. The second kappa shape index (κ2) is 13.2. The van der Waals surface area contributed by atoms with Crippen LogP contribution in [0.15, 0.2) is 55.1 Å². The zero-order valence-electron chi connectivity index (χ0n) is 17.5. The summed E-state index contributed by atoms with van der Waals surface area (Å²) < 4.78 is 16.6. The molecular weight excluding hydrogens is 380 g/mol. The Morgan fingerprint density at radius 2 is 1.67 bits per heavy atom. The van der Waals surface area contributed by atoms with Crippen molar-refractivity contribution in [2.45, 2.75) is 51.9 Å². The van der Waals surface area contributed by atoms with Gasteiger partial charge in [0.25, 0.3) is 0 Å². The fourth-order valence-corrected chi connectivity index (χ4v) is 2.85. The minimum Gasteiger partial charge on any atom is -0.486 e. The maximum absolute atomic E-state index is 12.4. The van der Waals surface area contributed by atoms with Crippen LogP contribution in [0.5, 0.6) is 17.2 Å². The molecule has 0 aliphatic rings. The van der Waals surface area contributed by atoms with Gasteiger partial charge in [0.2, 0.25) is 5.75 Å². The summed E-state index contributed by atoms with van der Waals surface area (Å²) in [5, 5.41) is 0. The summed E-state index contributed by atoms with van der Waals surface area (Å²) in [6, 6.07) is 14.5. The molecule has 0 saturated heterocycles. The predicted octanol–water partition coefficient (Wildman–Crippen LogP) is 5.93. The maximum atomic E-state index is 12.4. The first kappa shape index (κ1) is 23.2. The summed E-state index contributed by atoms with van der Waals surface area (Å²) in [4.78, 5) is 24.1. The van der Waals surface area contributed by atoms with Crippen LogP contribution in [0, 0.1) is 6.07 Å². The Bertz CT molecular complexity index is 814. The molecule has 0 aliphatic heterocycles. The molecule has 0 aromatic heterocycles. The summed E-state index contributed by atoms with van der Waals surface area (Å²) in [6.45, 7) is 6.02. The first-order chi connectivity index (χ1) is 14.7. The van der Waals surface area contributed by atoms with Crippen molar-refractivity contribution in [3.63, 3.8) is 0 Å². The highest BCUT2D eigenvalue weighted by Crippen LogP contribution is 2.37. The van der Waals surface area contributed by atoms with Gasteiger partial charge in [-0.05, 0) is 30.7 Å². The number of unbranched alkanes of at least 4 members (excludes halogenated alkanes) is 6. The summed E-state index contributed by atoms with van der Waals surface area (Å²) in [6.07, 6.45) is 9.07. The van der Waals surface area contributed by atoms with E-state index in [0.717, 1.165) is 25.3 Å². The Kier molecular flexibility index (Phi) is 10.2. The largest absolute Gasteiger partial charge is 0.486 e. The Morgan fingerprint density at radius 3 is 2.37 bits per heavy atom. The van der Waals surface area contributed by atoms with Gasteiger partial charge in [-0.1, -0.05) is 70.2 Å². The number of esters is 2. The Balaban J connectivity index is 2.04. The second-order valence-corrected chi connectivity index (χ2v) is 6.85. The molecule has 1 radical (unpaired) electrons. The van der Waals surface area contributed by atoms with E-state index in [-0.39, 0.29) is 17.2 Å². The standard InChI is InChI=1S/C25H29O5/c1-3-5-6-7-8-9-13-19-28-24-21(29-23(26)4-2)17-14-18-22(24)30-25(27)20-15-11-10-12-16-20/h4,10-12,14-17H,2-3,5-9,13,19H2,1H3. The fraction of sp³-hybridized carbons (Fsp3) is 0.360. The minimum atomic E-state index is -0.623. The van der Waals surface area contributed by atoms with Gasteiger partial charge < -0.3 is 14.2 Å². The van der Waals surface area contributed by atoms with Crippen LogP contribution in [0.1, 0.15) is 62.2 Å². The lowest BCUT2D eigenvalue weighted by Crippen LogP contribution is -2.11. The smallest absolute Gasteiger partial charge is 0.343 e. The number of carbonyl (C=O) groups is 2. The summed E-state index contributed by atoms with van der Waals surface area (Å²) >= 11 is 0. The summed E-state index contributed by atoms with van der Waals surface area (Å²) in [7, 11) is 0. The molecule has 0 unspecified atom stereocenters. The van der Waals surface area contributed by atoms with Gasteiger partial charge in [0.1, 0.15) is 0 Å². The van der Waals surface area contributed by atoms with Crippen molar-refractivity contribution < 1.29 is 23.8 Å². The molecule has 0 fully saturated rings. The fourth-order valence-electron chi connectivity index (χ4n) is 2.85. The molecular formula is C25H29O5. The number of benzene rings is 2. The van der Waals surface area contributed by atoms with E-state index in [4.69, 9.17) is 14.2 Å². The molecule has 0 N–H and O–H groups in total. The normalized spacial score (nSPS) is 10.3. The minimum absolute atomic E-state index is 0.0844. The van der Waals surface area contributed by atoms with Crippen molar-refractivity contribution in [2.75, 3.05) is 6.61 Å². The molecule has 0 amide bonds. The lowest BCUT2D eigenvalue weighted by atomic mass is 10.1. The molecule has 0 saturated carbocycles. The van der Waals surface area contributed by atoms with Gasteiger partial charge in [-0.3, -0.25) is 0 Å². The van der Waals surface area contributed by atoms with Crippen LogP contribution in [0.3, 0.4) is 0 Å². The van der Waals surface area contributed by atoms with Gasteiger partial charge in [-0.2, -0.15) is 0 Å². The first-order valence-electron chi connectivity index (χ1n) is 10.4. The maximum Gasteiger partial charge on any atom is 0.343 e. The number of ether oxygens (including phenoxy) is 3. The van der Waals surface area contributed by atoms with Crippen molar-refractivity contribution in [1.82, 2.24) is 0 Å². The topological polar surface area (TPSA) is 61.8 Å². The first-order valence-corrected chi connectivity index (χ1v) is 10.4. The SMILES string of the molecule is C=CC(=O)Oc1cc[c]c(OC(=O)c2ccccc2)c1OCCCCCCCCC. The molecule has 2 aromatic rings. The van der Waals surface area contributed by atoms with Crippen molar-refractivity contribution >= 4 is 11.9 Å². The molecule has 0 atom stereocenters. The van der Waals surface area contributed by atoms with Crippen LogP contribution in [0.4, 0.5) is 0 Å². The van der Waals surface area contributed by atoms with E-state index in [1.807, 2.05) is 6.07 Å². The summed E-state index contributed by atoms with van der Waals surface area (Å²) in [5.41, 5.74) is 0.400. The molecule has 0 spiro atoms. The summed E-state index contributed by atoms with van der Waals surface area (Å²) in [5.74, 6) is -0.733. The van der Waals surface area contributed by atoms with E-state index in [0.29, 0.717) is 12.2 Å². The average molecular weight is 410 g/mol. The zero-order chi connectivity index (χ0) is 21.6. The molecule has 2 rings (SSSR count). The molecule has 5 heteroatoms. The van der Waals surface area contributed by atoms with E-state index < -0.39 is 11.9 Å². The van der Waals surface area contributed by atoms with Crippen LogP contribution in [0.25, 0.3) is 0 Å². The molecule has 2 aromatic carbocycles. The van der Waals surface area contributed by atoms with Crippen molar-refractivity contribution in [2.24, 2.45) is 0 Å². The van der Waals surface area contributed by atoms with Crippen molar-refractivity contribution in [3.8, 4) is 17.2 Å². The van der Waals surface area contributed by atoms with Crippen LogP contribution in [-0.4, -0.2) is 18.5 Å². The number of hydrogen-bond acceptors (Lipinski definition) is 5. The lowest BCUT2D eigenvalue weighted by Gasteiger charge is -2.15. The van der Waals surface area contributed by atoms with Gasteiger partial charge in [0.05, 0.1) is 12.2 Å². The average Bonchev–Trinajstić information content (AvgIpc) is 2.77. The van der Waals surface area contributed by atoms with Gasteiger partial charge in [-0.15, -0.1) is 0 Å². The third-order valence-electron chi connectivity index (χ3n) is 4.45. The Hall–Kier alpha value is -3.08. The Morgan fingerprint density at radius 1 is 0.967 bits per heavy atom. The second-order valence-electron chi connectivity index (χ2n) is 6.85. The highest BCUT2D eigenvalue weighted by molar-refractivity contribution is 5.91. The lowest BCUT2D eigenvalue weighted by molar-refractivity contribution is -0.129. The quantitative estimate of drug-likeness (QED) is 0.178. The van der Waals surface area contributed by atoms with Crippen LogP contribution < -0.4 is 14.2 Å². The van der Waals surface area contributed by atoms with Crippen molar-refractivity contribution in [1.29, 1.82) is 0 Å². The van der Waals surface area contributed by atoms with Gasteiger partial charge in [-0.25, -0.2) is 9.59 Å². The zero-order valence-corrected chi connectivity index (χ0v) is 17.5. The third kappa shape index (κ3) is 7.74. The van der Waals surface area contributed by atoms with Gasteiger partial charge in [0.15, 0.2) is 11.5 Å². The highest BCUT2D eigenvalue weighted by Gasteiger charge is 2.18. The van der Waals surface area contributed by atoms with Crippen molar-refractivity contribution in [3.05, 3.63) is 66.7 Å².